The highest BCUT2D eigenvalue weighted by Gasteiger charge is 2.18. The quantitative estimate of drug-likeness (QED) is 0.545. The van der Waals surface area contributed by atoms with E-state index in [4.69, 9.17) is 4.74 Å². The molecular weight excluding hydrogens is 296 g/mol. The molecule has 0 fully saturated rings. The van der Waals surface area contributed by atoms with Crippen molar-refractivity contribution in [2.75, 3.05) is 0 Å². The Morgan fingerprint density at radius 3 is 2.57 bits per heavy atom. The van der Waals surface area contributed by atoms with Crippen molar-refractivity contribution >= 4 is 5.97 Å². The van der Waals surface area contributed by atoms with Gasteiger partial charge in [0.15, 0.2) is 0 Å². The van der Waals surface area contributed by atoms with Crippen molar-refractivity contribution in [2.24, 2.45) is 0 Å². The topological polar surface area (TPSA) is 87.0 Å². The third-order valence-corrected chi connectivity index (χ3v) is 4.23. The van der Waals surface area contributed by atoms with Gasteiger partial charge in [-0.15, -0.1) is 0 Å². The smallest absolute Gasteiger partial charge is 0.330 e. The van der Waals surface area contributed by atoms with E-state index in [0.717, 1.165) is 38.5 Å². The van der Waals surface area contributed by atoms with E-state index in [-0.39, 0.29) is 24.9 Å². The predicted molar refractivity (Wildman–Crippen MR) is 88.9 cm³/mol. The van der Waals surface area contributed by atoms with E-state index in [1.807, 2.05) is 0 Å². The Balaban J connectivity index is 2.61. The maximum Gasteiger partial charge on any atom is 0.330 e. The average Bonchev–Trinajstić information content (AvgIpc) is 2.46. The number of carbonyl (C=O) groups is 1. The maximum absolute atomic E-state index is 11.8. The minimum absolute atomic E-state index is 0.122. The van der Waals surface area contributed by atoms with Crippen LogP contribution in [0.1, 0.15) is 71.1 Å². The van der Waals surface area contributed by atoms with Crippen molar-refractivity contribution in [3.05, 3.63) is 12.2 Å². The lowest BCUT2D eigenvalue weighted by Crippen LogP contribution is -2.24. The Bertz CT molecular complexity index is 355. The zero-order chi connectivity index (χ0) is 17.1. The number of esters is 1. The highest BCUT2D eigenvalue weighted by Crippen LogP contribution is 2.18. The summed E-state index contributed by atoms with van der Waals surface area (Å²) in [5, 5.41) is 29.6. The number of rotatable bonds is 4. The third-order valence-electron chi connectivity index (χ3n) is 4.23. The number of aliphatic hydroxyl groups is 3. The molecule has 3 N–H and O–H groups in total. The number of aliphatic hydroxyl groups excluding tert-OH is 3. The summed E-state index contributed by atoms with van der Waals surface area (Å²) in [6, 6.07) is 0. The second-order valence-corrected chi connectivity index (χ2v) is 6.56. The summed E-state index contributed by atoms with van der Waals surface area (Å²) in [4.78, 5) is 11.8. The van der Waals surface area contributed by atoms with Gasteiger partial charge in [0.25, 0.3) is 0 Å². The fourth-order valence-electron chi connectivity index (χ4n) is 2.93. The molecule has 0 radical (unpaired) electrons. The van der Waals surface area contributed by atoms with Gasteiger partial charge in [0, 0.05) is 6.08 Å². The number of cyclic esters (lactones) is 1. The van der Waals surface area contributed by atoms with Crippen LogP contribution in [-0.4, -0.2) is 45.7 Å². The fraction of sp³-hybridized carbons (Fsp3) is 0.833. The molecule has 5 nitrogen and oxygen atoms in total. The van der Waals surface area contributed by atoms with Crippen LogP contribution in [0.4, 0.5) is 0 Å². The van der Waals surface area contributed by atoms with E-state index >= 15 is 0 Å². The molecule has 1 heterocycles. The number of hydrogen-bond acceptors (Lipinski definition) is 5. The molecule has 0 amide bonds. The average molecular weight is 328 g/mol. The Kier molecular flexibility index (Phi) is 10.2. The first-order valence-electron chi connectivity index (χ1n) is 8.92. The van der Waals surface area contributed by atoms with Crippen LogP contribution in [0, 0.1) is 0 Å². The molecule has 0 saturated carbocycles. The third kappa shape index (κ3) is 9.74. The Labute approximate surface area is 139 Å². The van der Waals surface area contributed by atoms with Crippen LogP contribution in [0.3, 0.4) is 0 Å². The summed E-state index contributed by atoms with van der Waals surface area (Å²) in [6.45, 7) is 2.13. The van der Waals surface area contributed by atoms with Gasteiger partial charge in [0.1, 0.15) is 6.10 Å². The van der Waals surface area contributed by atoms with Crippen molar-refractivity contribution < 1.29 is 24.9 Å². The van der Waals surface area contributed by atoms with Gasteiger partial charge < -0.3 is 20.1 Å². The summed E-state index contributed by atoms with van der Waals surface area (Å²) >= 11 is 0. The van der Waals surface area contributed by atoms with Gasteiger partial charge in [0.05, 0.1) is 18.3 Å². The molecule has 0 aromatic rings. The minimum atomic E-state index is -0.719. The number of carbonyl (C=O) groups excluding carboxylic acids is 1. The summed E-state index contributed by atoms with van der Waals surface area (Å²) in [7, 11) is 0. The maximum atomic E-state index is 11.8. The highest BCUT2D eigenvalue weighted by atomic mass is 16.5. The number of ether oxygens (including phenoxy) is 1. The largest absolute Gasteiger partial charge is 0.459 e. The summed E-state index contributed by atoms with van der Waals surface area (Å²) in [6.07, 6.45) is 7.76. The number of unbranched alkanes of at least 4 members (excludes halogenated alkanes) is 2. The fourth-order valence-corrected chi connectivity index (χ4v) is 2.93. The molecule has 1 aliphatic heterocycles. The van der Waals surface area contributed by atoms with E-state index < -0.39 is 18.3 Å². The molecule has 0 aromatic heterocycles. The van der Waals surface area contributed by atoms with Gasteiger partial charge in [-0.3, -0.25) is 0 Å². The monoisotopic (exact) mass is 328 g/mol. The Hall–Kier alpha value is -0.910. The highest BCUT2D eigenvalue weighted by molar-refractivity contribution is 5.82. The van der Waals surface area contributed by atoms with Crippen LogP contribution in [-0.2, 0) is 9.53 Å². The van der Waals surface area contributed by atoms with Crippen molar-refractivity contribution in [3.63, 3.8) is 0 Å². The van der Waals surface area contributed by atoms with E-state index in [0.29, 0.717) is 12.8 Å². The summed E-state index contributed by atoms with van der Waals surface area (Å²) in [5.41, 5.74) is 0. The normalized spacial score (nSPS) is 32.8. The van der Waals surface area contributed by atoms with Gasteiger partial charge in [-0.25, -0.2) is 4.79 Å². The molecule has 5 heteroatoms. The first-order valence-corrected chi connectivity index (χ1v) is 8.92. The van der Waals surface area contributed by atoms with Crippen LogP contribution in [0.5, 0.6) is 0 Å². The molecule has 0 saturated heterocycles. The van der Waals surface area contributed by atoms with Gasteiger partial charge in [-0.1, -0.05) is 25.8 Å². The van der Waals surface area contributed by atoms with Crippen molar-refractivity contribution in [3.8, 4) is 0 Å². The summed E-state index contributed by atoms with van der Waals surface area (Å²) in [5.74, 6) is -0.378. The Morgan fingerprint density at radius 2 is 1.83 bits per heavy atom. The zero-order valence-corrected chi connectivity index (χ0v) is 14.2. The second kappa shape index (κ2) is 11.6. The van der Waals surface area contributed by atoms with Crippen LogP contribution < -0.4 is 0 Å². The van der Waals surface area contributed by atoms with Crippen molar-refractivity contribution in [1.82, 2.24) is 0 Å². The molecule has 0 aromatic carbocycles. The summed E-state index contributed by atoms with van der Waals surface area (Å²) < 4.78 is 5.50. The molecular formula is C18H32O5. The molecule has 134 valence electrons. The van der Waals surface area contributed by atoms with Crippen LogP contribution in [0.15, 0.2) is 12.2 Å². The van der Waals surface area contributed by atoms with E-state index in [9.17, 15) is 20.1 Å². The molecule has 0 bridgehead atoms. The Morgan fingerprint density at radius 1 is 1.09 bits per heavy atom. The van der Waals surface area contributed by atoms with Gasteiger partial charge in [0.2, 0.25) is 0 Å². The first kappa shape index (κ1) is 20.1. The van der Waals surface area contributed by atoms with E-state index in [1.54, 1.807) is 6.08 Å². The molecule has 1 unspecified atom stereocenters. The predicted octanol–water partition coefficient (Wildman–Crippen LogP) is 2.47. The van der Waals surface area contributed by atoms with Gasteiger partial charge >= 0.3 is 5.97 Å². The zero-order valence-electron chi connectivity index (χ0n) is 14.2. The standard InChI is InChI=1S/C18H32O5/c1-2-3-4-9-17-10-5-7-14(19)12-16(21)13-15(20)8-6-11-18(22)23-17/h6,11,14-17,19-21H,2-5,7-10,12-13H2,1H3/b11-6+/t14-,15+,16+,17?/m0/s1. The molecule has 0 spiro atoms. The van der Waals surface area contributed by atoms with Crippen LogP contribution >= 0.6 is 0 Å². The molecule has 1 rings (SSSR count). The molecule has 4 atom stereocenters. The lowest BCUT2D eigenvalue weighted by molar-refractivity contribution is -0.143. The van der Waals surface area contributed by atoms with E-state index in [2.05, 4.69) is 6.92 Å². The number of hydrogen-bond donors (Lipinski definition) is 3. The van der Waals surface area contributed by atoms with Gasteiger partial charge in [-0.05, 0) is 51.4 Å². The SMILES string of the molecule is CCCCCC1CCC[C@H](O)C[C@@H](O)C[C@H](O)C/C=C/C(=O)O1. The van der Waals surface area contributed by atoms with Crippen LogP contribution in [0.2, 0.25) is 0 Å². The van der Waals surface area contributed by atoms with Crippen molar-refractivity contribution in [2.45, 2.75) is 95.5 Å². The van der Waals surface area contributed by atoms with Crippen LogP contribution in [0.25, 0.3) is 0 Å². The molecule has 0 aliphatic carbocycles. The molecule has 23 heavy (non-hydrogen) atoms. The molecule has 1 aliphatic rings. The second-order valence-electron chi connectivity index (χ2n) is 6.56. The first-order chi connectivity index (χ1) is 11.0. The minimum Gasteiger partial charge on any atom is -0.459 e. The van der Waals surface area contributed by atoms with Crippen molar-refractivity contribution in [1.29, 1.82) is 0 Å². The lowest BCUT2D eigenvalue weighted by atomic mass is 9.98. The van der Waals surface area contributed by atoms with E-state index in [1.165, 1.54) is 6.08 Å². The lowest BCUT2D eigenvalue weighted by Gasteiger charge is -2.21. The van der Waals surface area contributed by atoms with Gasteiger partial charge in [-0.2, -0.15) is 0 Å².